The Morgan fingerprint density at radius 1 is 1.44 bits per heavy atom. The van der Waals surface area contributed by atoms with E-state index in [1.165, 1.54) is 5.56 Å². The van der Waals surface area contributed by atoms with Gasteiger partial charge in [0.15, 0.2) is 0 Å². The van der Waals surface area contributed by atoms with Gasteiger partial charge >= 0.3 is 0 Å². The molecule has 1 aromatic rings. The van der Waals surface area contributed by atoms with Crippen molar-refractivity contribution in [1.82, 2.24) is 0 Å². The first-order chi connectivity index (χ1) is 7.56. The molecule has 1 atom stereocenters. The highest BCUT2D eigenvalue weighted by molar-refractivity contribution is 6.55. The van der Waals surface area contributed by atoms with Crippen molar-refractivity contribution in [3.63, 3.8) is 0 Å². The molecule has 1 unspecified atom stereocenters. The fourth-order valence-electron chi connectivity index (χ4n) is 1.72. The predicted octanol–water partition coefficient (Wildman–Crippen LogP) is 4.82. The lowest BCUT2D eigenvalue weighted by Gasteiger charge is -2.14. The van der Waals surface area contributed by atoms with Gasteiger partial charge in [-0.3, -0.25) is 0 Å². The van der Waals surface area contributed by atoms with Gasteiger partial charge in [-0.05, 0) is 37.1 Å². The smallest absolute Gasteiger partial charge is 0.122 e. The van der Waals surface area contributed by atoms with E-state index in [0.29, 0.717) is 11.1 Å². The van der Waals surface area contributed by atoms with Gasteiger partial charge in [0.25, 0.3) is 0 Å². The van der Waals surface area contributed by atoms with Gasteiger partial charge in [0.05, 0.1) is 6.61 Å². The summed E-state index contributed by atoms with van der Waals surface area (Å²) in [5, 5.41) is 0. The van der Waals surface area contributed by atoms with Crippen LogP contribution >= 0.6 is 23.2 Å². The van der Waals surface area contributed by atoms with Gasteiger partial charge in [-0.1, -0.05) is 42.3 Å². The molecular weight excluding hydrogens is 243 g/mol. The van der Waals surface area contributed by atoms with E-state index in [1.807, 2.05) is 32.1 Å². The zero-order valence-corrected chi connectivity index (χ0v) is 11.3. The molecule has 1 rings (SSSR count). The second-order valence-corrected chi connectivity index (χ2v) is 4.66. The molecule has 0 radical (unpaired) electrons. The Hall–Kier alpha value is -0.660. The molecule has 0 bridgehead atoms. The van der Waals surface area contributed by atoms with Crippen LogP contribution in [0.2, 0.25) is 0 Å². The molecule has 0 aliphatic heterocycles. The van der Waals surface area contributed by atoms with Crippen LogP contribution in [0.1, 0.15) is 30.9 Å². The first-order valence-electron chi connectivity index (χ1n) is 5.31. The molecule has 0 heterocycles. The van der Waals surface area contributed by atoms with Crippen LogP contribution in [0.15, 0.2) is 28.8 Å². The number of benzene rings is 1. The maximum atomic E-state index is 5.67. The molecule has 0 aromatic heterocycles. The highest BCUT2D eigenvalue weighted by atomic mass is 35.5. The van der Waals surface area contributed by atoms with E-state index in [0.717, 1.165) is 11.3 Å². The molecule has 0 saturated carbocycles. The summed E-state index contributed by atoms with van der Waals surface area (Å²) in [6, 6.07) is 6.02. The molecule has 1 nitrogen and oxygen atoms in total. The van der Waals surface area contributed by atoms with Crippen molar-refractivity contribution in [2.75, 3.05) is 6.61 Å². The zero-order chi connectivity index (χ0) is 12.1. The number of halogens is 2. The Morgan fingerprint density at radius 2 is 2.12 bits per heavy atom. The van der Waals surface area contributed by atoms with Crippen LogP contribution < -0.4 is 4.74 Å². The van der Waals surface area contributed by atoms with Crippen molar-refractivity contribution >= 4 is 23.2 Å². The Morgan fingerprint density at radius 3 is 2.69 bits per heavy atom. The summed E-state index contributed by atoms with van der Waals surface area (Å²) in [7, 11) is 0. The monoisotopic (exact) mass is 258 g/mol. The van der Waals surface area contributed by atoms with Gasteiger partial charge in [-0.15, -0.1) is 0 Å². The van der Waals surface area contributed by atoms with Crippen LogP contribution in [0.25, 0.3) is 0 Å². The van der Waals surface area contributed by atoms with Crippen LogP contribution in [-0.2, 0) is 0 Å². The minimum absolute atomic E-state index is 0.186. The molecule has 3 heteroatoms. The van der Waals surface area contributed by atoms with Gasteiger partial charge in [0.1, 0.15) is 10.2 Å². The van der Waals surface area contributed by atoms with Crippen LogP contribution in [0, 0.1) is 6.92 Å². The normalized spacial score (nSPS) is 12.1. The lowest BCUT2D eigenvalue weighted by molar-refractivity contribution is 0.337. The van der Waals surface area contributed by atoms with Gasteiger partial charge in [-0.2, -0.15) is 0 Å². The minimum atomic E-state index is 0.186. The van der Waals surface area contributed by atoms with E-state index in [1.54, 1.807) is 0 Å². The Bertz CT molecular complexity index is 382. The summed E-state index contributed by atoms with van der Waals surface area (Å²) >= 11 is 11.3. The van der Waals surface area contributed by atoms with Crippen LogP contribution in [0.3, 0.4) is 0 Å². The summed E-state index contributed by atoms with van der Waals surface area (Å²) in [4.78, 5) is 0. The quantitative estimate of drug-likeness (QED) is 0.753. The number of allylic oxidation sites excluding steroid dienone is 1. The molecule has 0 saturated heterocycles. The van der Waals surface area contributed by atoms with Crippen molar-refractivity contribution in [3.8, 4) is 5.75 Å². The summed E-state index contributed by atoms with van der Waals surface area (Å²) in [6.45, 7) is 6.76. The number of rotatable bonds is 4. The lowest BCUT2D eigenvalue weighted by Crippen LogP contribution is -1.99. The van der Waals surface area contributed by atoms with E-state index in [-0.39, 0.29) is 5.92 Å². The van der Waals surface area contributed by atoms with Crippen LogP contribution in [0.5, 0.6) is 5.75 Å². The van der Waals surface area contributed by atoms with Crippen molar-refractivity contribution < 1.29 is 4.74 Å². The molecule has 0 amide bonds. The molecular formula is C13H16Cl2O. The zero-order valence-electron chi connectivity index (χ0n) is 9.76. The highest BCUT2D eigenvalue weighted by Gasteiger charge is 2.10. The predicted molar refractivity (Wildman–Crippen MR) is 70.6 cm³/mol. The van der Waals surface area contributed by atoms with E-state index in [2.05, 4.69) is 13.0 Å². The summed E-state index contributed by atoms with van der Waals surface area (Å²) in [5.74, 6) is 1.11. The van der Waals surface area contributed by atoms with E-state index in [9.17, 15) is 0 Å². The third-order valence-electron chi connectivity index (χ3n) is 2.49. The molecule has 0 fully saturated rings. The Labute approximate surface area is 107 Å². The van der Waals surface area contributed by atoms with Crippen molar-refractivity contribution in [1.29, 1.82) is 0 Å². The molecule has 1 aromatic carbocycles. The molecule has 0 aliphatic rings. The second-order valence-electron chi connectivity index (χ2n) is 3.65. The molecule has 16 heavy (non-hydrogen) atoms. The summed E-state index contributed by atoms with van der Waals surface area (Å²) in [5.41, 5.74) is 2.33. The van der Waals surface area contributed by atoms with E-state index >= 15 is 0 Å². The first-order valence-corrected chi connectivity index (χ1v) is 6.07. The average molecular weight is 259 g/mol. The Kier molecular flexibility index (Phi) is 5.17. The van der Waals surface area contributed by atoms with E-state index < -0.39 is 0 Å². The number of ether oxygens (including phenoxy) is 1. The minimum Gasteiger partial charge on any atom is -0.494 e. The standard InChI is InChI=1S/C13H16Cl2O/c1-4-16-12-7-5-6-11(10(12)3)9(2)8-13(14)15/h5-9H,4H2,1-3H3. The molecule has 0 aliphatic carbocycles. The molecule has 0 N–H and O–H groups in total. The van der Waals surface area contributed by atoms with Gasteiger partial charge < -0.3 is 4.74 Å². The van der Waals surface area contributed by atoms with Crippen molar-refractivity contribution in [2.24, 2.45) is 0 Å². The fourth-order valence-corrected chi connectivity index (χ4v) is 2.09. The largest absolute Gasteiger partial charge is 0.494 e. The third kappa shape index (κ3) is 3.43. The molecule has 88 valence electrons. The SMILES string of the molecule is CCOc1cccc(C(C)C=C(Cl)Cl)c1C. The third-order valence-corrected chi connectivity index (χ3v) is 2.74. The van der Waals surface area contributed by atoms with Gasteiger partial charge in [0, 0.05) is 5.92 Å². The maximum Gasteiger partial charge on any atom is 0.122 e. The average Bonchev–Trinajstić information content (AvgIpc) is 2.20. The molecule has 0 spiro atoms. The number of hydrogen-bond donors (Lipinski definition) is 0. The first kappa shape index (κ1) is 13.4. The lowest BCUT2D eigenvalue weighted by atomic mass is 9.96. The summed E-state index contributed by atoms with van der Waals surface area (Å²) < 4.78 is 5.85. The Balaban J connectivity index is 3.05. The van der Waals surface area contributed by atoms with Crippen LogP contribution in [-0.4, -0.2) is 6.61 Å². The fraction of sp³-hybridized carbons (Fsp3) is 0.385. The van der Waals surface area contributed by atoms with Gasteiger partial charge in [0.2, 0.25) is 0 Å². The second kappa shape index (κ2) is 6.17. The highest BCUT2D eigenvalue weighted by Crippen LogP contribution is 2.29. The van der Waals surface area contributed by atoms with Crippen LogP contribution in [0.4, 0.5) is 0 Å². The maximum absolute atomic E-state index is 5.67. The van der Waals surface area contributed by atoms with Crippen molar-refractivity contribution in [3.05, 3.63) is 39.9 Å². The van der Waals surface area contributed by atoms with Crippen molar-refractivity contribution in [2.45, 2.75) is 26.7 Å². The van der Waals surface area contributed by atoms with Gasteiger partial charge in [-0.25, -0.2) is 0 Å². The van der Waals surface area contributed by atoms with E-state index in [4.69, 9.17) is 27.9 Å². The topological polar surface area (TPSA) is 9.23 Å². The number of hydrogen-bond acceptors (Lipinski definition) is 1. The summed E-state index contributed by atoms with van der Waals surface area (Å²) in [6.07, 6.45) is 1.82.